The van der Waals surface area contributed by atoms with Crippen molar-refractivity contribution in [3.8, 4) is 9.88 Å². The number of benzene rings is 1. The van der Waals surface area contributed by atoms with Crippen LogP contribution in [0.3, 0.4) is 0 Å². The number of aromatic nitrogens is 1. The quantitative estimate of drug-likeness (QED) is 0.673. The first-order valence-corrected chi connectivity index (χ1v) is 8.86. The zero-order valence-electron chi connectivity index (χ0n) is 11.2. The van der Waals surface area contributed by atoms with Crippen molar-refractivity contribution in [1.82, 2.24) is 4.98 Å². The molecule has 3 rings (SSSR count). The van der Waals surface area contributed by atoms with Gasteiger partial charge in [0.15, 0.2) is 0 Å². The minimum atomic E-state index is -0.160. The van der Waals surface area contributed by atoms with Crippen LogP contribution in [0.25, 0.3) is 9.88 Å². The molecule has 0 bridgehead atoms. The number of hydrogen-bond acceptors (Lipinski definition) is 4. The third-order valence-corrected chi connectivity index (χ3v) is 5.31. The van der Waals surface area contributed by atoms with Gasteiger partial charge in [-0.3, -0.25) is 4.79 Å². The van der Waals surface area contributed by atoms with Gasteiger partial charge >= 0.3 is 0 Å². The Bertz CT molecular complexity index is 800. The van der Waals surface area contributed by atoms with Crippen molar-refractivity contribution in [2.24, 2.45) is 0 Å². The summed E-state index contributed by atoms with van der Waals surface area (Å²) in [5.41, 5.74) is 1.29. The number of hydrogen-bond donors (Lipinski definition) is 1. The van der Waals surface area contributed by atoms with Gasteiger partial charge in [-0.1, -0.05) is 29.3 Å². The summed E-state index contributed by atoms with van der Waals surface area (Å²) < 4.78 is 0. The van der Waals surface area contributed by atoms with E-state index in [1.54, 1.807) is 29.5 Å². The molecule has 0 aliphatic rings. The van der Waals surface area contributed by atoms with E-state index >= 15 is 0 Å². The smallest absolute Gasteiger partial charge is 0.230 e. The summed E-state index contributed by atoms with van der Waals surface area (Å²) in [7, 11) is 0. The first kappa shape index (κ1) is 15.5. The molecule has 0 spiro atoms. The van der Waals surface area contributed by atoms with Crippen molar-refractivity contribution in [3.63, 3.8) is 0 Å². The maximum atomic E-state index is 12.1. The van der Waals surface area contributed by atoms with Crippen LogP contribution < -0.4 is 5.32 Å². The average Bonchev–Trinajstić information content (AvgIpc) is 3.12. The summed E-state index contributed by atoms with van der Waals surface area (Å²) in [5, 5.41) is 8.55. The average molecular weight is 369 g/mol. The minimum Gasteiger partial charge on any atom is -0.324 e. The first-order chi connectivity index (χ1) is 10.6. The number of carbonyl (C=O) groups excluding carboxylic acids is 1. The highest BCUT2D eigenvalue weighted by Gasteiger charge is 2.11. The predicted octanol–water partition coefficient (Wildman–Crippen LogP) is 5.36. The van der Waals surface area contributed by atoms with Gasteiger partial charge in [0.05, 0.1) is 27.7 Å². The minimum absolute atomic E-state index is 0.160. The largest absolute Gasteiger partial charge is 0.324 e. The van der Waals surface area contributed by atoms with E-state index in [-0.39, 0.29) is 12.3 Å². The maximum Gasteiger partial charge on any atom is 0.230 e. The molecule has 1 N–H and O–H groups in total. The van der Waals surface area contributed by atoms with Gasteiger partial charge in [-0.25, -0.2) is 4.98 Å². The van der Waals surface area contributed by atoms with E-state index in [0.29, 0.717) is 15.7 Å². The van der Waals surface area contributed by atoms with Gasteiger partial charge < -0.3 is 5.32 Å². The van der Waals surface area contributed by atoms with Gasteiger partial charge in [0.25, 0.3) is 0 Å². The second kappa shape index (κ2) is 6.79. The Morgan fingerprint density at radius 3 is 2.82 bits per heavy atom. The van der Waals surface area contributed by atoms with Gasteiger partial charge in [0.1, 0.15) is 5.01 Å². The van der Waals surface area contributed by atoms with E-state index in [0.717, 1.165) is 15.6 Å². The summed E-state index contributed by atoms with van der Waals surface area (Å²) in [4.78, 5) is 17.7. The van der Waals surface area contributed by atoms with E-state index < -0.39 is 0 Å². The summed E-state index contributed by atoms with van der Waals surface area (Å²) >= 11 is 15.0. The van der Waals surface area contributed by atoms with E-state index in [1.807, 2.05) is 22.9 Å². The number of thiophene rings is 1. The lowest BCUT2D eigenvalue weighted by molar-refractivity contribution is -0.115. The molecule has 0 atom stereocenters. The molecular weight excluding hydrogens is 359 g/mol. The molecule has 0 aliphatic heterocycles. The molecule has 2 aromatic heterocycles. The molecule has 0 fully saturated rings. The van der Waals surface area contributed by atoms with Crippen molar-refractivity contribution >= 4 is 57.5 Å². The Kier molecular flexibility index (Phi) is 4.78. The molecule has 1 amide bonds. The molecule has 3 aromatic rings. The molecule has 0 saturated heterocycles. The highest BCUT2D eigenvalue weighted by atomic mass is 35.5. The van der Waals surface area contributed by atoms with E-state index in [2.05, 4.69) is 10.3 Å². The summed E-state index contributed by atoms with van der Waals surface area (Å²) in [6.07, 6.45) is 0.209. The van der Waals surface area contributed by atoms with Crippen molar-refractivity contribution in [3.05, 3.63) is 56.8 Å². The molecule has 3 nitrogen and oxygen atoms in total. The van der Waals surface area contributed by atoms with Crippen LogP contribution in [0, 0.1) is 0 Å². The van der Waals surface area contributed by atoms with Crippen LogP contribution in [-0.4, -0.2) is 10.9 Å². The Hall–Kier alpha value is -1.40. The normalized spacial score (nSPS) is 10.6. The third kappa shape index (κ3) is 3.67. The number of amides is 1. The molecule has 0 aliphatic carbocycles. The molecule has 7 heteroatoms. The van der Waals surface area contributed by atoms with Crippen LogP contribution in [0.2, 0.25) is 10.0 Å². The standard InChI is InChI=1S/C15H10Cl2N2OS2/c16-9-3-4-12(11(17)6-9)19-14(20)7-10-8-22-15(18-10)13-2-1-5-21-13/h1-6,8H,7H2,(H,19,20). The van der Waals surface area contributed by atoms with Gasteiger partial charge in [-0.05, 0) is 29.6 Å². The Morgan fingerprint density at radius 2 is 2.09 bits per heavy atom. The molecular formula is C15H10Cl2N2OS2. The van der Waals surface area contributed by atoms with E-state index in [9.17, 15) is 4.79 Å². The fourth-order valence-electron chi connectivity index (χ4n) is 1.85. The fourth-order valence-corrected chi connectivity index (χ4v) is 3.94. The highest BCUT2D eigenvalue weighted by molar-refractivity contribution is 7.20. The number of rotatable bonds is 4. The molecule has 2 heterocycles. The van der Waals surface area contributed by atoms with Crippen molar-refractivity contribution in [2.75, 3.05) is 5.32 Å². The second-order valence-electron chi connectivity index (χ2n) is 4.47. The van der Waals surface area contributed by atoms with Gasteiger partial charge in [-0.15, -0.1) is 22.7 Å². The lowest BCUT2D eigenvalue weighted by Crippen LogP contribution is -2.14. The van der Waals surface area contributed by atoms with Crippen LogP contribution in [0.15, 0.2) is 41.1 Å². The van der Waals surface area contributed by atoms with Crippen LogP contribution in [0.5, 0.6) is 0 Å². The Morgan fingerprint density at radius 1 is 1.23 bits per heavy atom. The summed E-state index contributed by atoms with van der Waals surface area (Å²) in [5.74, 6) is -0.160. The third-order valence-electron chi connectivity index (χ3n) is 2.83. The van der Waals surface area contributed by atoms with Crippen LogP contribution >= 0.6 is 45.9 Å². The van der Waals surface area contributed by atoms with Crippen LogP contribution in [-0.2, 0) is 11.2 Å². The monoisotopic (exact) mass is 368 g/mol. The van der Waals surface area contributed by atoms with Crippen LogP contribution in [0.1, 0.15) is 5.69 Å². The number of anilines is 1. The van der Waals surface area contributed by atoms with Crippen molar-refractivity contribution < 1.29 is 4.79 Å². The first-order valence-electron chi connectivity index (χ1n) is 6.35. The zero-order valence-corrected chi connectivity index (χ0v) is 14.3. The Balaban J connectivity index is 1.67. The molecule has 22 heavy (non-hydrogen) atoms. The lowest BCUT2D eigenvalue weighted by Gasteiger charge is -2.06. The van der Waals surface area contributed by atoms with E-state index in [4.69, 9.17) is 23.2 Å². The number of carbonyl (C=O) groups is 1. The SMILES string of the molecule is O=C(Cc1csc(-c2cccs2)n1)Nc1ccc(Cl)cc1Cl. The topological polar surface area (TPSA) is 42.0 Å². The number of thiazole rings is 1. The summed E-state index contributed by atoms with van der Waals surface area (Å²) in [6.45, 7) is 0. The highest BCUT2D eigenvalue weighted by Crippen LogP contribution is 2.28. The molecule has 0 radical (unpaired) electrons. The van der Waals surface area contributed by atoms with Gasteiger partial charge in [0.2, 0.25) is 5.91 Å². The number of nitrogens with one attached hydrogen (secondary N) is 1. The van der Waals surface area contributed by atoms with Crippen LogP contribution in [0.4, 0.5) is 5.69 Å². The zero-order chi connectivity index (χ0) is 15.5. The number of halogens is 2. The van der Waals surface area contributed by atoms with Crippen molar-refractivity contribution in [1.29, 1.82) is 0 Å². The number of nitrogens with zero attached hydrogens (tertiary/aromatic N) is 1. The summed E-state index contributed by atoms with van der Waals surface area (Å²) in [6, 6.07) is 8.95. The van der Waals surface area contributed by atoms with E-state index in [1.165, 1.54) is 11.3 Å². The molecule has 0 saturated carbocycles. The Labute approximate surface area is 145 Å². The predicted molar refractivity (Wildman–Crippen MR) is 94.2 cm³/mol. The molecule has 0 unspecified atom stereocenters. The molecule has 112 valence electrons. The van der Waals surface area contributed by atoms with Gasteiger partial charge in [-0.2, -0.15) is 0 Å². The lowest BCUT2D eigenvalue weighted by atomic mass is 10.3. The molecule has 1 aromatic carbocycles. The second-order valence-corrected chi connectivity index (χ2v) is 7.12. The van der Waals surface area contributed by atoms with Crippen molar-refractivity contribution in [2.45, 2.75) is 6.42 Å². The van der Waals surface area contributed by atoms with Gasteiger partial charge in [0, 0.05) is 10.4 Å². The maximum absolute atomic E-state index is 12.1. The fraction of sp³-hybridized carbons (Fsp3) is 0.0667.